The minimum atomic E-state index is -0.203. The molecule has 0 aliphatic carbocycles. The van der Waals surface area contributed by atoms with Gasteiger partial charge >= 0.3 is 0 Å². The van der Waals surface area contributed by atoms with Gasteiger partial charge in [-0.3, -0.25) is 9.89 Å². The molecule has 0 fully saturated rings. The maximum atomic E-state index is 12.1. The molecule has 3 N–H and O–H groups in total. The minimum Gasteiger partial charge on any atom is -0.484 e. The zero-order chi connectivity index (χ0) is 20.6. The summed E-state index contributed by atoms with van der Waals surface area (Å²) in [5, 5.41) is 9.87. The third-order valence-electron chi connectivity index (χ3n) is 4.26. The van der Waals surface area contributed by atoms with Gasteiger partial charge in [-0.25, -0.2) is 4.68 Å². The summed E-state index contributed by atoms with van der Waals surface area (Å²) in [7, 11) is 0. The summed E-state index contributed by atoms with van der Waals surface area (Å²) in [5.41, 5.74) is 6.18. The van der Waals surface area contributed by atoms with Crippen LogP contribution in [0.3, 0.4) is 0 Å². The van der Waals surface area contributed by atoms with E-state index in [0.29, 0.717) is 17.1 Å². The van der Waals surface area contributed by atoms with Crippen molar-refractivity contribution in [2.75, 3.05) is 17.3 Å². The SMILES string of the molecule is CCCc1n[nH]c(=S)n1NCc1cccc(OCC(=O)Nc2ccc(C)cc2)c1. The number of nitrogens with one attached hydrogen (secondary N) is 3. The zero-order valence-electron chi connectivity index (χ0n) is 16.6. The van der Waals surface area contributed by atoms with Crippen LogP contribution >= 0.6 is 12.2 Å². The van der Waals surface area contributed by atoms with Gasteiger partial charge < -0.3 is 15.5 Å². The van der Waals surface area contributed by atoms with Gasteiger partial charge in [0.05, 0.1) is 6.54 Å². The van der Waals surface area contributed by atoms with Crippen molar-refractivity contribution in [3.05, 3.63) is 70.3 Å². The smallest absolute Gasteiger partial charge is 0.262 e. The number of carbonyl (C=O) groups is 1. The quantitative estimate of drug-likeness (QED) is 0.464. The second-order valence-corrected chi connectivity index (χ2v) is 7.10. The van der Waals surface area contributed by atoms with Gasteiger partial charge in [-0.2, -0.15) is 5.10 Å². The molecule has 2 aromatic carbocycles. The van der Waals surface area contributed by atoms with E-state index in [0.717, 1.165) is 35.5 Å². The number of H-pyrrole nitrogens is 1. The van der Waals surface area contributed by atoms with Crippen molar-refractivity contribution < 1.29 is 9.53 Å². The Kier molecular flexibility index (Phi) is 7.02. The molecule has 3 rings (SSSR count). The number of rotatable bonds is 9. The van der Waals surface area contributed by atoms with Gasteiger partial charge in [0.25, 0.3) is 5.91 Å². The van der Waals surface area contributed by atoms with Gasteiger partial charge in [0.1, 0.15) is 5.75 Å². The molecule has 0 bridgehead atoms. The van der Waals surface area contributed by atoms with Crippen molar-refractivity contribution in [3.63, 3.8) is 0 Å². The van der Waals surface area contributed by atoms with Crippen LogP contribution in [0.2, 0.25) is 0 Å². The summed E-state index contributed by atoms with van der Waals surface area (Å²) in [6.07, 6.45) is 1.81. The van der Waals surface area contributed by atoms with Crippen LogP contribution in [0, 0.1) is 11.7 Å². The normalized spacial score (nSPS) is 10.6. The lowest BCUT2D eigenvalue weighted by atomic mass is 10.2. The Labute approximate surface area is 175 Å². The van der Waals surface area contributed by atoms with Gasteiger partial charge in [0.2, 0.25) is 4.77 Å². The molecule has 0 unspecified atom stereocenters. The van der Waals surface area contributed by atoms with Gasteiger partial charge in [-0.1, -0.05) is 36.8 Å². The second-order valence-electron chi connectivity index (χ2n) is 6.72. The first-order valence-electron chi connectivity index (χ1n) is 9.53. The number of hydrogen-bond donors (Lipinski definition) is 3. The van der Waals surface area contributed by atoms with E-state index >= 15 is 0 Å². The van der Waals surface area contributed by atoms with Crippen LogP contribution < -0.4 is 15.5 Å². The molecule has 0 saturated heterocycles. The number of ether oxygens (including phenoxy) is 1. The van der Waals surface area contributed by atoms with Gasteiger partial charge in [-0.15, -0.1) is 0 Å². The molecule has 0 saturated carbocycles. The van der Waals surface area contributed by atoms with E-state index in [-0.39, 0.29) is 12.5 Å². The number of aromatic nitrogens is 3. The van der Waals surface area contributed by atoms with Gasteiger partial charge in [0.15, 0.2) is 12.4 Å². The standard InChI is InChI=1S/C21H25N5O2S/c1-3-5-19-24-25-21(29)26(19)22-13-16-6-4-7-18(12-16)28-14-20(27)23-17-10-8-15(2)9-11-17/h4,6-12,22H,3,5,13-14H2,1-2H3,(H,23,27)(H,25,29). The van der Waals surface area contributed by atoms with E-state index in [1.54, 1.807) is 4.68 Å². The maximum absolute atomic E-state index is 12.1. The number of aromatic amines is 1. The summed E-state index contributed by atoms with van der Waals surface area (Å²) < 4.78 is 7.97. The largest absolute Gasteiger partial charge is 0.484 e. The summed E-state index contributed by atoms with van der Waals surface area (Å²) in [6.45, 7) is 4.59. The van der Waals surface area contributed by atoms with E-state index in [1.165, 1.54) is 0 Å². The highest BCUT2D eigenvalue weighted by atomic mass is 32.1. The Hall–Kier alpha value is -3.13. The Morgan fingerprint density at radius 1 is 1.24 bits per heavy atom. The van der Waals surface area contributed by atoms with Crippen molar-refractivity contribution in [2.45, 2.75) is 33.2 Å². The fourth-order valence-corrected chi connectivity index (χ4v) is 3.00. The average molecular weight is 412 g/mol. The number of anilines is 1. The zero-order valence-corrected chi connectivity index (χ0v) is 17.4. The summed E-state index contributed by atoms with van der Waals surface area (Å²) >= 11 is 5.27. The van der Waals surface area contributed by atoms with Crippen LogP contribution in [-0.4, -0.2) is 27.4 Å². The van der Waals surface area contributed by atoms with Crippen LogP contribution in [0.1, 0.15) is 30.3 Å². The lowest BCUT2D eigenvalue weighted by Gasteiger charge is -2.11. The number of nitrogens with zero attached hydrogens (tertiary/aromatic N) is 2. The molecule has 0 radical (unpaired) electrons. The molecule has 1 heterocycles. The summed E-state index contributed by atoms with van der Waals surface area (Å²) in [5.74, 6) is 1.30. The Bertz CT molecular complexity index is 1010. The predicted molar refractivity (Wildman–Crippen MR) is 116 cm³/mol. The van der Waals surface area contributed by atoms with Crippen molar-refractivity contribution in [1.82, 2.24) is 14.9 Å². The summed E-state index contributed by atoms with van der Waals surface area (Å²) in [6, 6.07) is 15.2. The molecule has 0 aliphatic heterocycles. The highest BCUT2D eigenvalue weighted by Crippen LogP contribution is 2.14. The van der Waals surface area contributed by atoms with Gasteiger partial charge in [-0.05, 0) is 55.4 Å². The number of benzene rings is 2. The molecular formula is C21H25N5O2S. The third kappa shape index (κ3) is 5.92. The Morgan fingerprint density at radius 2 is 2.03 bits per heavy atom. The van der Waals surface area contributed by atoms with E-state index in [4.69, 9.17) is 17.0 Å². The van der Waals surface area contributed by atoms with Crippen LogP contribution in [-0.2, 0) is 17.8 Å². The predicted octanol–water partition coefficient (Wildman–Crippen LogP) is 3.96. The fourth-order valence-electron chi connectivity index (χ4n) is 2.78. The third-order valence-corrected chi connectivity index (χ3v) is 4.53. The number of hydrogen-bond acceptors (Lipinski definition) is 5. The Morgan fingerprint density at radius 3 is 2.79 bits per heavy atom. The monoisotopic (exact) mass is 411 g/mol. The lowest BCUT2D eigenvalue weighted by molar-refractivity contribution is -0.118. The molecule has 0 atom stereocenters. The molecule has 152 valence electrons. The second kappa shape index (κ2) is 9.88. The molecule has 0 aliphatic rings. The maximum Gasteiger partial charge on any atom is 0.262 e. The highest BCUT2D eigenvalue weighted by Gasteiger charge is 2.07. The minimum absolute atomic E-state index is 0.0573. The molecular weight excluding hydrogens is 386 g/mol. The Balaban J connectivity index is 1.54. The average Bonchev–Trinajstić information content (AvgIpc) is 3.07. The number of amides is 1. The number of carbonyl (C=O) groups excluding carboxylic acids is 1. The van der Waals surface area contributed by atoms with E-state index in [9.17, 15) is 4.79 Å². The molecule has 8 heteroatoms. The molecule has 0 spiro atoms. The van der Waals surface area contributed by atoms with Crippen molar-refractivity contribution in [3.8, 4) is 5.75 Å². The lowest BCUT2D eigenvalue weighted by Crippen LogP contribution is -2.20. The van der Waals surface area contributed by atoms with Crippen molar-refractivity contribution in [2.24, 2.45) is 0 Å². The van der Waals surface area contributed by atoms with Crippen LogP contribution in [0.5, 0.6) is 5.75 Å². The van der Waals surface area contributed by atoms with Crippen molar-refractivity contribution in [1.29, 1.82) is 0 Å². The molecule has 29 heavy (non-hydrogen) atoms. The van der Waals surface area contributed by atoms with E-state index in [1.807, 2.05) is 55.5 Å². The molecule has 7 nitrogen and oxygen atoms in total. The van der Waals surface area contributed by atoms with E-state index in [2.05, 4.69) is 27.9 Å². The van der Waals surface area contributed by atoms with Crippen LogP contribution in [0.15, 0.2) is 48.5 Å². The summed E-state index contributed by atoms with van der Waals surface area (Å²) in [4.78, 5) is 12.1. The van der Waals surface area contributed by atoms with Crippen LogP contribution in [0.25, 0.3) is 0 Å². The van der Waals surface area contributed by atoms with Crippen molar-refractivity contribution >= 4 is 23.8 Å². The first-order valence-corrected chi connectivity index (χ1v) is 9.94. The van der Waals surface area contributed by atoms with E-state index < -0.39 is 0 Å². The highest BCUT2D eigenvalue weighted by molar-refractivity contribution is 7.71. The number of aryl methyl sites for hydroxylation is 2. The molecule has 1 aromatic heterocycles. The molecule has 1 amide bonds. The van der Waals surface area contributed by atoms with Gasteiger partial charge in [0, 0.05) is 12.1 Å². The first-order chi connectivity index (χ1) is 14.0. The molecule has 3 aromatic rings. The fraction of sp³-hybridized carbons (Fsp3) is 0.286. The first kappa shape index (κ1) is 20.6. The topological polar surface area (TPSA) is 84.0 Å². The van der Waals surface area contributed by atoms with Crippen LogP contribution in [0.4, 0.5) is 5.69 Å².